The minimum Gasteiger partial charge on any atom is 0 e. The maximum Gasteiger partial charge on any atom is 0 e. The number of rotatable bonds is 6. The largest absolute Gasteiger partial charge is 0 e. The summed E-state index contributed by atoms with van der Waals surface area (Å²) in [6, 6.07) is 8.72. The molecule has 0 aliphatic rings. The van der Waals surface area contributed by atoms with Gasteiger partial charge in [-0.15, -0.1) is 0 Å². The summed E-state index contributed by atoms with van der Waals surface area (Å²) in [4.78, 5) is 0. The molecular weight excluding hydrogens is 562 g/mol. The van der Waals surface area contributed by atoms with Crippen molar-refractivity contribution in [2.75, 3.05) is 12.9 Å². The molecule has 0 aromatic heterocycles. The Morgan fingerprint density at radius 3 is 1.59 bits per heavy atom. The van der Waals surface area contributed by atoms with Gasteiger partial charge in [-0.1, -0.05) is 55.5 Å². The van der Waals surface area contributed by atoms with E-state index in [9.17, 15) is 13.5 Å². The zero-order chi connectivity index (χ0) is 27.1. The van der Waals surface area contributed by atoms with Crippen molar-refractivity contribution < 1.29 is 79.2 Å². The van der Waals surface area contributed by atoms with E-state index >= 15 is 0 Å². The van der Waals surface area contributed by atoms with Gasteiger partial charge in [0.1, 0.15) is 6.61 Å². The van der Waals surface area contributed by atoms with Crippen LogP contribution < -0.4 is 0 Å². The number of unbranched alkanes of at least 4 members (excludes halogenated alkanes) is 2. The molecule has 34 heavy (non-hydrogen) atoms. The zero-order valence-electron chi connectivity index (χ0n) is 17.9. The van der Waals surface area contributed by atoms with E-state index in [0.717, 1.165) is 19.1 Å². The third-order valence-electron chi connectivity index (χ3n) is 2.68. The van der Waals surface area contributed by atoms with Gasteiger partial charge in [-0.25, -0.2) is 0 Å². The molecule has 1 atom stereocenters. The van der Waals surface area contributed by atoms with Gasteiger partial charge >= 0.3 is 67.8 Å². The molecule has 0 spiro atoms. The van der Waals surface area contributed by atoms with Crippen LogP contribution in [0.25, 0.3) is 0 Å². The Bertz CT molecular complexity index is 786. The smallest absolute Gasteiger partial charge is 0 e. The second-order valence-electron chi connectivity index (χ2n) is 4.60. The monoisotopic (exact) mass is 582 g/mol. The first-order valence-corrected chi connectivity index (χ1v) is 9.54. The molecule has 0 saturated carbocycles. The van der Waals surface area contributed by atoms with E-state index in [1.165, 1.54) is 0 Å². The summed E-state index contributed by atoms with van der Waals surface area (Å²) in [6.45, 7) is 28.6. The predicted octanol–water partition coefficient (Wildman–Crippen LogP) is 1.81. The summed E-state index contributed by atoms with van der Waals surface area (Å²) < 4.78 is 71.9. The normalized spacial score (nSPS) is 8.68. The first-order chi connectivity index (χ1) is 15.4. The molecular formula is C21H20Co2O10S. The first kappa shape index (κ1) is 53.5. The van der Waals surface area contributed by atoms with Gasteiger partial charge in [-0.2, -0.15) is 8.42 Å². The van der Waals surface area contributed by atoms with Crippen molar-refractivity contribution in [3.63, 3.8) is 0 Å². The minimum absolute atomic E-state index is 0. The van der Waals surface area contributed by atoms with E-state index in [1.54, 1.807) is 24.3 Å². The van der Waals surface area contributed by atoms with E-state index in [-0.39, 0.29) is 33.6 Å². The molecule has 2 radical (unpaired) electrons. The van der Waals surface area contributed by atoms with Crippen LogP contribution in [0.2, 0.25) is 0 Å². The number of hydrogen-bond acceptors (Lipinski definition) is 4. The molecule has 0 bridgehead atoms. The number of benzene rings is 1. The Morgan fingerprint density at radius 1 is 0.882 bits per heavy atom. The van der Waals surface area contributed by atoms with Crippen LogP contribution in [0.1, 0.15) is 31.7 Å². The van der Waals surface area contributed by atoms with Crippen LogP contribution in [0.5, 0.6) is 0 Å². The van der Waals surface area contributed by atoms with E-state index in [2.05, 4.69) is 58.7 Å². The van der Waals surface area contributed by atoms with Gasteiger partial charge in [-0.3, -0.25) is 4.18 Å². The Morgan fingerprint density at radius 2 is 1.26 bits per heavy atom. The first-order valence-electron chi connectivity index (χ1n) is 7.72. The third kappa shape index (κ3) is 37.4. The molecule has 0 heterocycles. The molecule has 1 rings (SSSR count). The van der Waals surface area contributed by atoms with Gasteiger partial charge in [0.15, 0.2) is 5.60 Å². The van der Waals surface area contributed by atoms with Gasteiger partial charge in [-0.05, 0) is 12.0 Å². The topological polar surface area (TPSA) is 183 Å². The maximum atomic E-state index is 11.1. The van der Waals surface area contributed by atoms with E-state index in [1.807, 2.05) is 6.07 Å². The van der Waals surface area contributed by atoms with Gasteiger partial charge in [0.05, 0.1) is 6.26 Å². The maximum absolute atomic E-state index is 11.1. The molecule has 188 valence electrons. The van der Waals surface area contributed by atoms with Gasteiger partial charge in [0.25, 0.3) is 10.1 Å². The molecule has 1 unspecified atom stereocenters. The molecule has 0 amide bonds. The summed E-state index contributed by atoms with van der Waals surface area (Å²) in [7, 11) is -3.63. The average Bonchev–Trinajstić information content (AvgIpc) is 2.88. The van der Waals surface area contributed by atoms with Crippen LogP contribution in [0.15, 0.2) is 30.3 Å². The van der Waals surface area contributed by atoms with E-state index < -0.39 is 22.3 Å². The fourth-order valence-electron chi connectivity index (χ4n) is 1.57. The summed E-state index contributed by atoms with van der Waals surface area (Å²) in [5, 5.41) is 10.6. The van der Waals surface area contributed by atoms with Crippen LogP contribution in [0.3, 0.4) is 0 Å². The van der Waals surface area contributed by atoms with E-state index in [0.29, 0.717) is 12.0 Å². The van der Waals surface area contributed by atoms with Gasteiger partial charge in [0.2, 0.25) is 0 Å². The standard InChI is InChI=1S/C15H20O4S.6CO.2Co/c1-3-4-5-9-12-15(16,13-19-20(2,17)18)14-10-7-6-8-11-14;6*1-2;;/h6-8,10-11,16H,3-5,13H2,1-2H3;;;;;;;;. The fourth-order valence-corrected chi connectivity index (χ4v) is 1.96. The Kier molecular flexibility index (Phi) is 70.3. The van der Waals surface area contributed by atoms with Crippen molar-refractivity contribution in [1.29, 1.82) is 0 Å². The molecule has 0 aliphatic heterocycles. The van der Waals surface area contributed by atoms with Crippen LogP contribution in [-0.4, -0.2) is 26.4 Å². The molecule has 10 nitrogen and oxygen atoms in total. The summed E-state index contributed by atoms with van der Waals surface area (Å²) in [6.07, 6.45) is 3.55. The second kappa shape index (κ2) is 44.7. The average molecular weight is 582 g/mol. The van der Waals surface area contributed by atoms with E-state index in [4.69, 9.17) is 32.1 Å². The van der Waals surface area contributed by atoms with Crippen molar-refractivity contribution in [3.05, 3.63) is 75.8 Å². The Hall–Kier alpha value is -1.90. The van der Waals surface area contributed by atoms with Crippen LogP contribution in [-0.2, 0) is 81.4 Å². The van der Waals surface area contributed by atoms with Crippen molar-refractivity contribution in [2.24, 2.45) is 0 Å². The second-order valence-corrected chi connectivity index (χ2v) is 6.24. The minimum atomic E-state index is -3.63. The van der Waals surface area contributed by atoms with Crippen LogP contribution in [0.4, 0.5) is 0 Å². The molecule has 1 aromatic rings. The van der Waals surface area contributed by atoms with Gasteiger partial charge < -0.3 is 5.11 Å². The SMILES string of the molecule is CCCCC#CC(O)(COS(C)(=O)=O)c1ccccc1.[C-]#[O+].[C-]#[O+].[C-]#[O+].[C-]#[O+].[C-]#[O+].[C-]#[O+].[Co].[Co]. The summed E-state index contributed by atoms with van der Waals surface area (Å²) >= 11 is 0. The van der Waals surface area contributed by atoms with Crippen molar-refractivity contribution >= 4 is 10.1 Å². The molecule has 1 aromatic carbocycles. The molecule has 13 heteroatoms. The summed E-state index contributed by atoms with van der Waals surface area (Å²) in [5.74, 6) is 5.62. The zero-order valence-corrected chi connectivity index (χ0v) is 20.8. The molecule has 0 fully saturated rings. The summed E-state index contributed by atoms with van der Waals surface area (Å²) in [5.41, 5.74) is -1.09. The quantitative estimate of drug-likeness (QED) is 0.177. The molecule has 0 saturated heterocycles. The molecule has 1 N–H and O–H groups in total. The Labute approximate surface area is 221 Å². The van der Waals surface area contributed by atoms with Crippen molar-refractivity contribution in [2.45, 2.75) is 31.8 Å². The predicted molar refractivity (Wildman–Crippen MR) is 102 cm³/mol. The van der Waals surface area contributed by atoms with Gasteiger partial charge in [0, 0.05) is 40.0 Å². The fraction of sp³-hybridized carbons (Fsp3) is 0.333. The van der Waals surface area contributed by atoms with Crippen molar-refractivity contribution in [3.8, 4) is 11.8 Å². The number of hydrogen-bond donors (Lipinski definition) is 1. The third-order valence-corrected chi connectivity index (χ3v) is 3.23. The van der Waals surface area contributed by atoms with Crippen LogP contribution >= 0.6 is 0 Å². The van der Waals surface area contributed by atoms with Crippen LogP contribution in [0, 0.1) is 51.7 Å². The number of aliphatic hydroxyl groups is 1. The molecule has 0 aliphatic carbocycles. The van der Waals surface area contributed by atoms with Crippen molar-refractivity contribution in [1.82, 2.24) is 0 Å². The Balaban J connectivity index is -0.0000000700.